The second-order valence-corrected chi connectivity index (χ2v) is 2.91. The van der Waals surface area contributed by atoms with Gasteiger partial charge in [-0.3, -0.25) is 0 Å². The molecule has 0 heterocycles. The van der Waals surface area contributed by atoms with Gasteiger partial charge in [-0.2, -0.15) is 0 Å². The van der Waals surface area contributed by atoms with Gasteiger partial charge >= 0.3 is 0 Å². The molecule has 0 rings (SSSR count). The summed E-state index contributed by atoms with van der Waals surface area (Å²) in [6, 6.07) is 0. The highest BCUT2D eigenvalue weighted by Crippen LogP contribution is 2.14. The maximum absolute atomic E-state index is 3.70. The van der Waals surface area contributed by atoms with Crippen molar-refractivity contribution in [2.75, 3.05) is 0 Å². The third-order valence-corrected chi connectivity index (χ3v) is 1.75. The molecule has 0 nitrogen and oxygen atoms in total. The first-order valence-electron chi connectivity index (χ1n) is 5.04. The van der Waals surface area contributed by atoms with Crippen LogP contribution >= 0.6 is 0 Å². The molecule has 0 aliphatic carbocycles. The largest absolute Gasteiger partial charge is 0.0991 e. The minimum absolute atomic E-state index is 1.05. The highest BCUT2D eigenvalue weighted by atomic mass is 14.0. The van der Waals surface area contributed by atoms with Crippen molar-refractivity contribution in [3.05, 3.63) is 98.2 Å². The van der Waals surface area contributed by atoms with E-state index in [2.05, 4.69) is 26.3 Å². The summed E-state index contributed by atoms with van der Waals surface area (Å²) < 4.78 is 0. The van der Waals surface area contributed by atoms with Gasteiger partial charge in [-0.05, 0) is 11.1 Å². The van der Waals surface area contributed by atoms with Crippen LogP contribution in [0.25, 0.3) is 0 Å². The molecular weight excluding hydrogens is 192 g/mol. The molecule has 0 unspecified atom stereocenters. The van der Waals surface area contributed by atoms with Crippen molar-refractivity contribution in [2.24, 2.45) is 0 Å². The van der Waals surface area contributed by atoms with Crippen LogP contribution in [-0.2, 0) is 0 Å². The van der Waals surface area contributed by atoms with Crippen molar-refractivity contribution in [1.29, 1.82) is 0 Å². The normalized spacial score (nSPS) is 13.0. The van der Waals surface area contributed by atoms with Gasteiger partial charge in [-0.25, -0.2) is 0 Å². The summed E-state index contributed by atoms with van der Waals surface area (Å²) >= 11 is 0. The minimum atomic E-state index is 1.05. The average Bonchev–Trinajstić information content (AvgIpc) is 2.30. The van der Waals surface area contributed by atoms with E-state index in [1.54, 1.807) is 24.3 Å². The average molecular weight is 210 g/mol. The van der Waals surface area contributed by atoms with Crippen LogP contribution in [0.2, 0.25) is 0 Å². The lowest BCUT2D eigenvalue weighted by molar-refractivity contribution is 1.54. The smallest absolute Gasteiger partial charge is 0.0184 e. The summed E-state index contributed by atoms with van der Waals surface area (Å²) in [6.07, 6.45) is 18.5. The first kappa shape index (κ1) is 13.9. The molecule has 0 aliphatic heterocycles. The highest BCUT2D eigenvalue weighted by Gasteiger charge is 1.95. The Balaban J connectivity index is 5.25. The topological polar surface area (TPSA) is 0 Å². The van der Waals surface area contributed by atoms with Crippen LogP contribution in [0.3, 0.4) is 0 Å². The second-order valence-electron chi connectivity index (χ2n) is 2.91. The molecule has 0 fully saturated rings. The Hall–Kier alpha value is -2.08. The van der Waals surface area contributed by atoms with Crippen LogP contribution in [0, 0.1) is 0 Å². The fraction of sp³-hybridized carbons (Fsp3) is 0. The zero-order valence-electron chi connectivity index (χ0n) is 9.60. The van der Waals surface area contributed by atoms with E-state index < -0.39 is 0 Å². The molecule has 0 amide bonds. The van der Waals surface area contributed by atoms with E-state index in [0.29, 0.717) is 0 Å². The lowest BCUT2D eigenvalue weighted by atomic mass is 10.0. The zero-order valence-corrected chi connectivity index (χ0v) is 9.60. The van der Waals surface area contributed by atoms with Gasteiger partial charge in [0.25, 0.3) is 0 Å². The first-order chi connectivity index (χ1) is 7.79. The van der Waals surface area contributed by atoms with Crippen molar-refractivity contribution in [2.45, 2.75) is 0 Å². The van der Waals surface area contributed by atoms with Gasteiger partial charge in [0.2, 0.25) is 0 Å². The molecule has 16 heavy (non-hydrogen) atoms. The highest BCUT2D eigenvalue weighted by molar-refractivity contribution is 5.50. The quantitative estimate of drug-likeness (QED) is 0.534. The van der Waals surface area contributed by atoms with Crippen LogP contribution in [0.4, 0.5) is 0 Å². The minimum Gasteiger partial charge on any atom is -0.0991 e. The van der Waals surface area contributed by atoms with Crippen molar-refractivity contribution in [3.8, 4) is 0 Å². The number of allylic oxidation sites excluding steroid dienone is 12. The van der Waals surface area contributed by atoms with Gasteiger partial charge in [0.15, 0.2) is 0 Å². The monoisotopic (exact) mass is 210 g/mol. The predicted molar refractivity (Wildman–Crippen MR) is 75.2 cm³/mol. The standard InChI is InChI=1S/C16H18/c1-5-9-13-15(11-7-3)16(12-8-4)14-10-6-2/h5-14H,1-4H2/b13-9-,14-10-,15-11-,16-12+. The maximum atomic E-state index is 3.70. The number of hydrogen-bond acceptors (Lipinski definition) is 0. The molecule has 0 N–H and O–H groups in total. The van der Waals surface area contributed by atoms with Crippen molar-refractivity contribution >= 4 is 0 Å². The molecular formula is C16H18. The molecule has 0 atom stereocenters. The van der Waals surface area contributed by atoms with Crippen LogP contribution in [0.5, 0.6) is 0 Å². The van der Waals surface area contributed by atoms with E-state index in [4.69, 9.17) is 0 Å². The fourth-order valence-corrected chi connectivity index (χ4v) is 1.09. The van der Waals surface area contributed by atoms with Gasteiger partial charge in [0.05, 0.1) is 0 Å². The Morgan fingerprint density at radius 2 is 0.938 bits per heavy atom. The van der Waals surface area contributed by atoms with Crippen molar-refractivity contribution in [1.82, 2.24) is 0 Å². The maximum Gasteiger partial charge on any atom is -0.0184 e. The van der Waals surface area contributed by atoms with E-state index >= 15 is 0 Å². The van der Waals surface area contributed by atoms with Crippen molar-refractivity contribution < 1.29 is 0 Å². The molecule has 82 valence electrons. The molecule has 0 radical (unpaired) electrons. The molecule has 0 spiro atoms. The molecule has 0 aliphatic rings. The molecule has 0 saturated heterocycles. The lowest BCUT2D eigenvalue weighted by Crippen LogP contribution is -1.82. The third-order valence-electron chi connectivity index (χ3n) is 1.75. The summed E-state index contributed by atoms with van der Waals surface area (Å²) in [7, 11) is 0. The first-order valence-corrected chi connectivity index (χ1v) is 5.04. The summed E-state index contributed by atoms with van der Waals surface area (Å²) in [5.74, 6) is 0. The Labute approximate surface area is 98.7 Å². The SMILES string of the molecule is C=C\C=C/C(=C/C=C)C(/C=C\C=C)=C/C=C. The van der Waals surface area contributed by atoms with Crippen LogP contribution < -0.4 is 0 Å². The van der Waals surface area contributed by atoms with Crippen molar-refractivity contribution in [3.63, 3.8) is 0 Å². The van der Waals surface area contributed by atoms with Gasteiger partial charge in [0.1, 0.15) is 0 Å². The second kappa shape index (κ2) is 9.47. The van der Waals surface area contributed by atoms with E-state index in [-0.39, 0.29) is 0 Å². The van der Waals surface area contributed by atoms with Crippen LogP contribution in [0.15, 0.2) is 98.2 Å². The molecule has 0 heteroatoms. The molecule has 0 aromatic carbocycles. The van der Waals surface area contributed by atoms with Gasteiger partial charge in [0, 0.05) is 0 Å². The predicted octanol–water partition coefficient (Wildman–Crippen LogP) is 4.70. The van der Waals surface area contributed by atoms with E-state index in [1.165, 1.54) is 0 Å². The Morgan fingerprint density at radius 1 is 0.562 bits per heavy atom. The van der Waals surface area contributed by atoms with Gasteiger partial charge in [-0.15, -0.1) is 0 Å². The summed E-state index contributed by atoms with van der Waals surface area (Å²) in [4.78, 5) is 0. The molecule has 0 aromatic rings. The molecule has 0 bridgehead atoms. The van der Waals surface area contributed by atoms with E-state index in [1.807, 2.05) is 36.5 Å². The van der Waals surface area contributed by atoms with Crippen LogP contribution in [-0.4, -0.2) is 0 Å². The zero-order chi connectivity index (χ0) is 12.2. The number of hydrogen-bond donors (Lipinski definition) is 0. The van der Waals surface area contributed by atoms with Gasteiger partial charge < -0.3 is 0 Å². The Kier molecular flexibility index (Phi) is 8.24. The summed E-state index contributed by atoms with van der Waals surface area (Å²) in [5.41, 5.74) is 2.10. The summed E-state index contributed by atoms with van der Waals surface area (Å²) in [5, 5.41) is 0. The lowest BCUT2D eigenvalue weighted by Gasteiger charge is -2.01. The Morgan fingerprint density at radius 3 is 1.19 bits per heavy atom. The molecule has 0 aromatic heterocycles. The summed E-state index contributed by atoms with van der Waals surface area (Å²) in [6.45, 7) is 14.7. The van der Waals surface area contributed by atoms with E-state index in [9.17, 15) is 0 Å². The third kappa shape index (κ3) is 5.61. The number of rotatable bonds is 7. The van der Waals surface area contributed by atoms with Crippen LogP contribution in [0.1, 0.15) is 0 Å². The molecule has 0 saturated carbocycles. The Bertz CT molecular complexity index is 333. The van der Waals surface area contributed by atoms with Gasteiger partial charge in [-0.1, -0.05) is 87.1 Å². The van der Waals surface area contributed by atoms with E-state index in [0.717, 1.165) is 11.1 Å². The fourth-order valence-electron chi connectivity index (χ4n) is 1.09.